The van der Waals surface area contributed by atoms with Crippen LogP contribution in [-0.2, 0) is 11.3 Å². The summed E-state index contributed by atoms with van der Waals surface area (Å²) in [7, 11) is 0. The Balaban J connectivity index is 1.98. The third-order valence-corrected chi connectivity index (χ3v) is 3.71. The van der Waals surface area contributed by atoms with Crippen LogP contribution in [0.2, 0.25) is 0 Å². The number of para-hydroxylation sites is 1. The summed E-state index contributed by atoms with van der Waals surface area (Å²) in [6.45, 7) is 1.54. The monoisotopic (exact) mass is 297 g/mol. The summed E-state index contributed by atoms with van der Waals surface area (Å²) in [4.78, 5) is 16.0. The number of aromatic nitrogens is 2. The lowest BCUT2D eigenvalue weighted by Gasteiger charge is -2.08. The van der Waals surface area contributed by atoms with Gasteiger partial charge in [0.05, 0.1) is 11.7 Å². The highest BCUT2D eigenvalue weighted by atomic mass is 16.1. The van der Waals surface area contributed by atoms with Gasteiger partial charge in [-0.3, -0.25) is 4.79 Å². The Labute approximate surface area is 128 Å². The van der Waals surface area contributed by atoms with E-state index in [9.17, 15) is 4.79 Å². The summed E-state index contributed by atoms with van der Waals surface area (Å²) in [6, 6.07) is 9.97. The molecule has 0 saturated carbocycles. The molecule has 114 valence electrons. The number of nitrogens with two attached hydrogens (primary N) is 2. The summed E-state index contributed by atoms with van der Waals surface area (Å²) in [5.41, 5.74) is 13.3. The fourth-order valence-electron chi connectivity index (χ4n) is 2.72. The van der Waals surface area contributed by atoms with Gasteiger partial charge in [-0.1, -0.05) is 18.2 Å². The molecule has 0 saturated heterocycles. The molecule has 2 heterocycles. The molecule has 0 bridgehead atoms. The first-order chi connectivity index (χ1) is 10.7. The number of pyridine rings is 1. The number of hydrogen-bond acceptors (Lipinski definition) is 4. The van der Waals surface area contributed by atoms with Gasteiger partial charge in [-0.25, -0.2) is 4.98 Å². The van der Waals surface area contributed by atoms with E-state index in [0.717, 1.165) is 21.8 Å². The zero-order valence-electron chi connectivity index (χ0n) is 12.2. The number of anilines is 1. The second kappa shape index (κ2) is 6.03. The molecule has 2 aromatic heterocycles. The third kappa shape index (κ3) is 2.60. The topological polar surface area (TPSA) is 99.0 Å². The van der Waals surface area contributed by atoms with Crippen molar-refractivity contribution in [3.8, 4) is 0 Å². The molecule has 0 aliphatic heterocycles. The predicted octanol–water partition coefficient (Wildman–Crippen LogP) is 1.24. The Morgan fingerprint density at radius 1 is 1.23 bits per heavy atom. The molecular weight excluding hydrogens is 278 g/mol. The fraction of sp³-hybridized carbons (Fsp3) is 0.250. The summed E-state index contributed by atoms with van der Waals surface area (Å²) < 4.78 is 2.11. The summed E-state index contributed by atoms with van der Waals surface area (Å²) in [6.07, 6.45) is 2.17. The number of carbonyl (C=O) groups is 1. The summed E-state index contributed by atoms with van der Waals surface area (Å²) in [5.74, 6) is 0.496. The standard InChI is InChI=1S/C16H19N5O/c17-6-7-19-16(22)5-8-21-13-4-2-1-3-11(13)12-9-15(18)20-10-14(12)21/h1-4,9-10H,5-8,17H2,(H2,18,20)(H,19,22). The van der Waals surface area contributed by atoms with Crippen LogP contribution in [0.5, 0.6) is 0 Å². The van der Waals surface area contributed by atoms with Crippen molar-refractivity contribution < 1.29 is 4.79 Å². The van der Waals surface area contributed by atoms with Gasteiger partial charge in [0, 0.05) is 42.3 Å². The first-order valence-electron chi connectivity index (χ1n) is 7.30. The van der Waals surface area contributed by atoms with Crippen molar-refractivity contribution in [1.82, 2.24) is 14.9 Å². The molecule has 0 aliphatic carbocycles. The minimum absolute atomic E-state index is 0.000199. The number of nitrogen functional groups attached to an aromatic ring is 1. The number of nitrogens with one attached hydrogen (secondary N) is 1. The van der Waals surface area contributed by atoms with Crippen LogP contribution in [-0.4, -0.2) is 28.5 Å². The van der Waals surface area contributed by atoms with Crippen molar-refractivity contribution in [3.05, 3.63) is 36.5 Å². The molecule has 6 heteroatoms. The molecule has 0 spiro atoms. The van der Waals surface area contributed by atoms with E-state index in [-0.39, 0.29) is 5.91 Å². The van der Waals surface area contributed by atoms with E-state index in [1.165, 1.54) is 0 Å². The Bertz CT molecular complexity index is 824. The molecule has 5 N–H and O–H groups in total. The molecule has 3 rings (SSSR count). The van der Waals surface area contributed by atoms with E-state index in [4.69, 9.17) is 11.5 Å². The molecule has 0 radical (unpaired) electrons. The Morgan fingerprint density at radius 3 is 2.86 bits per heavy atom. The van der Waals surface area contributed by atoms with Gasteiger partial charge in [-0.2, -0.15) is 0 Å². The number of nitrogens with zero attached hydrogens (tertiary/aromatic N) is 2. The average molecular weight is 297 g/mol. The van der Waals surface area contributed by atoms with Gasteiger partial charge < -0.3 is 21.4 Å². The van der Waals surface area contributed by atoms with Gasteiger partial charge in [0.15, 0.2) is 0 Å². The van der Waals surface area contributed by atoms with Gasteiger partial charge in [0.2, 0.25) is 5.91 Å². The van der Waals surface area contributed by atoms with Crippen LogP contribution in [0.1, 0.15) is 6.42 Å². The van der Waals surface area contributed by atoms with Crippen LogP contribution >= 0.6 is 0 Å². The number of rotatable bonds is 5. The summed E-state index contributed by atoms with van der Waals surface area (Å²) >= 11 is 0. The second-order valence-electron chi connectivity index (χ2n) is 5.18. The van der Waals surface area contributed by atoms with Crippen LogP contribution in [0.4, 0.5) is 5.82 Å². The third-order valence-electron chi connectivity index (χ3n) is 3.71. The predicted molar refractivity (Wildman–Crippen MR) is 88.3 cm³/mol. The van der Waals surface area contributed by atoms with Gasteiger partial charge in [-0.05, 0) is 12.1 Å². The van der Waals surface area contributed by atoms with Gasteiger partial charge >= 0.3 is 0 Å². The first-order valence-corrected chi connectivity index (χ1v) is 7.30. The number of aryl methyl sites for hydroxylation is 1. The van der Waals surface area contributed by atoms with Gasteiger partial charge in [-0.15, -0.1) is 0 Å². The molecule has 0 atom stereocenters. The summed E-state index contributed by atoms with van der Waals surface area (Å²) in [5, 5.41) is 4.97. The highest BCUT2D eigenvalue weighted by Crippen LogP contribution is 2.29. The molecule has 1 aromatic carbocycles. The molecule has 0 fully saturated rings. The van der Waals surface area contributed by atoms with Crippen LogP contribution in [0.3, 0.4) is 0 Å². The van der Waals surface area contributed by atoms with Crippen LogP contribution in [0, 0.1) is 0 Å². The quantitative estimate of drug-likeness (QED) is 0.659. The van der Waals surface area contributed by atoms with Crippen LogP contribution in [0.15, 0.2) is 36.5 Å². The maximum atomic E-state index is 11.8. The van der Waals surface area contributed by atoms with Crippen LogP contribution in [0.25, 0.3) is 21.8 Å². The molecule has 0 aliphatic rings. The smallest absolute Gasteiger partial charge is 0.221 e. The van der Waals surface area contributed by atoms with Crippen molar-refractivity contribution >= 4 is 33.5 Å². The lowest BCUT2D eigenvalue weighted by molar-refractivity contribution is -0.121. The number of hydrogen-bond donors (Lipinski definition) is 3. The molecule has 22 heavy (non-hydrogen) atoms. The number of amides is 1. The number of benzene rings is 1. The highest BCUT2D eigenvalue weighted by Gasteiger charge is 2.12. The van der Waals surface area contributed by atoms with Crippen molar-refractivity contribution in [3.63, 3.8) is 0 Å². The van der Waals surface area contributed by atoms with Gasteiger partial charge in [0.25, 0.3) is 0 Å². The van der Waals surface area contributed by atoms with Crippen molar-refractivity contribution in [1.29, 1.82) is 0 Å². The van der Waals surface area contributed by atoms with Crippen LogP contribution < -0.4 is 16.8 Å². The molecule has 3 aromatic rings. The SMILES string of the molecule is NCCNC(=O)CCn1c2ccccc2c2cc(N)ncc21. The van der Waals surface area contributed by atoms with E-state index >= 15 is 0 Å². The largest absolute Gasteiger partial charge is 0.384 e. The highest BCUT2D eigenvalue weighted by molar-refractivity contribution is 6.08. The Kier molecular flexibility index (Phi) is 3.93. The van der Waals surface area contributed by atoms with E-state index < -0.39 is 0 Å². The Morgan fingerprint density at radius 2 is 2.05 bits per heavy atom. The van der Waals surface area contributed by atoms with Crippen molar-refractivity contribution in [2.75, 3.05) is 18.8 Å². The zero-order chi connectivity index (χ0) is 15.5. The maximum absolute atomic E-state index is 11.8. The number of carbonyl (C=O) groups excluding carboxylic acids is 1. The van der Waals surface area contributed by atoms with E-state index in [1.807, 2.05) is 24.3 Å². The van der Waals surface area contributed by atoms with E-state index in [2.05, 4.69) is 20.9 Å². The van der Waals surface area contributed by atoms with E-state index in [0.29, 0.717) is 31.9 Å². The minimum atomic E-state index is -0.000199. The lowest BCUT2D eigenvalue weighted by atomic mass is 10.2. The fourth-order valence-corrected chi connectivity index (χ4v) is 2.72. The molecule has 6 nitrogen and oxygen atoms in total. The minimum Gasteiger partial charge on any atom is -0.384 e. The van der Waals surface area contributed by atoms with Crippen molar-refractivity contribution in [2.45, 2.75) is 13.0 Å². The van der Waals surface area contributed by atoms with Crippen molar-refractivity contribution in [2.24, 2.45) is 5.73 Å². The van der Waals surface area contributed by atoms with Gasteiger partial charge in [0.1, 0.15) is 5.82 Å². The molecule has 0 unspecified atom stereocenters. The average Bonchev–Trinajstić information content (AvgIpc) is 2.84. The molecule has 1 amide bonds. The van der Waals surface area contributed by atoms with E-state index in [1.54, 1.807) is 6.20 Å². The first kappa shape index (κ1) is 14.3. The Hall–Kier alpha value is -2.60. The maximum Gasteiger partial charge on any atom is 0.221 e. The second-order valence-corrected chi connectivity index (χ2v) is 5.18. The number of fused-ring (bicyclic) bond motifs is 3. The lowest BCUT2D eigenvalue weighted by Crippen LogP contribution is -2.29. The zero-order valence-corrected chi connectivity index (χ0v) is 12.2. The molecular formula is C16H19N5O. The normalized spacial score (nSPS) is 11.1.